The fraction of sp³-hybridized carbons (Fsp3) is 0.889. The van der Waals surface area contributed by atoms with Gasteiger partial charge in [-0.1, -0.05) is 6.92 Å². The predicted molar refractivity (Wildman–Crippen MR) is 51.5 cm³/mol. The van der Waals surface area contributed by atoms with Gasteiger partial charge >= 0.3 is 5.97 Å². The number of carboxylic acids is 1. The van der Waals surface area contributed by atoms with Gasteiger partial charge in [0.25, 0.3) is 0 Å². The van der Waals surface area contributed by atoms with Crippen molar-refractivity contribution in [3.05, 3.63) is 0 Å². The lowest BCUT2D eigenvalue weighted by atomic mass is 9.91. The quantitative estimate of drug-likeness (QED) is 0.739. The smallest absolute Gasteiger partial charge is 0.313 e. The molecule has 3 heteroatoms. The van der Waals surface area contributed by atoms with Gasteiger partial charge in [0.1, 0.15) is 0 Å². The summed E-state index contributed by atoms with van der Waals surface area (Å²) in [6, 6.07) is 0. The van der Waals surface area contributed by atoms with Crippen molar-refractivity contribution in [2.45, 2.75) is 37.9 Å². The Kier molecular flexibility index (Phi) is 3.92. The lowest BCUT2D eigenvalue weighted by Gasteiger charge is -2.24. The molecule has 70 valence electrons. The van der Waals surface area contributed by atoms with Gasteiger partial charge in [0.05, 0.1) is 5.75 Å². The molecule has 1 aliphatic rings. The Hall–Kier alpha value is -0.180. The van der Waals surface area contributed by atoms with Crippen molar-refractivity contribution >= 4 is 17.7 Å². The first-order chi connectivity index (χ1) is 5.68. The van der Waals surface area contributed by atoms with E-state index in [1.165, 1.54) is 25.7 Å². The number of thioether (sulfide) groups is 1. The molecular weight excluding hydrogens is 172 g/mol. The van der Waals surface area contributed by atoms with E-state index in [4.69, 9.17) is 5.11 Å². The van der Waals surface area contributed by atoms with Crippen LogP contribution in [0.15, 0.2) is 0 Å². The number of carbonyl (C=O) groups is 1. The lowest BCUT2D eigenvalue weighted by Crippen LogP contribution is -2.15. The van der Waals surface area contributed by atoms with Gasteiger partial charge in [0.2, 0.25) is 0 Å². The summed E-state index contributed by atoms with van der Waals surface area (Å²) in [6.45, 7) is 2.28. The van der Waals surface area contributed by atoms with Crippen LogP contribution in [-0.4, -0.2) is 22.1 Å². The maximum atomic E-state index is 10.3. The summed E-state index contributed by atoms with van der Waals surface area (Å²) in [6.07, 6.45) is 4.97. The Bertz CT molecular complexity index is 151. The first-order valence-electron chi connectivity index (χ1n) is 4.52. The summed E-state index contributed by atoms with van der Waals surface area (Å²) in [7, 11) is 0. The Labute approximate surface area is 77.7 Å². The highest BCUT2D eigenvalue weighted by Gasteiger charge is 2.18. The van der Waals surface area contributed by atoms with E-state index in [1.807, 2.05) is 0 Å². The zero-order valence-electron chi connectivity index (χ0n) is 7.45. The van der Waals surface area contributed by atoms with Crippen molar-refractivity contribution in [1.29, 1.82) is 0 Å². The van der Waals surface area contributed by atoms with E-state index in [2.05, 4.69) is 6.92 Å². The number of rotatable bonds is 3. The van der Waals surface area contributed by atoms with Crippen LogP contribution in [0.4, 0.5) is 0 Å². The molecule has 0 bridgehead atoms. The third kappa shape index (κ3) is 3.48. The summed E-state index contributed by atoms with van der Waals surface area (Å²) in [5.41, 5.74) is 0. The van der Waals surface area contributed by atoms with Crippen molar-refractivity contribution in [2.75, 3.05) is 5.75 Å². The molecule has 2 nitrogen and oxygen atoms in total. The normalized spacial score (nSPS) is 30.1. The van der Waals surface area contributed by atoms with Crippen molar-refractivity contribution in [3.63, 3.8) is 0 Å². The summed E-state index contributed by atoms with van der Waals surface area (Å²) in [4.78, 5) is 10.3. The molecule has 1 fully saturated rings. The number of aliphatic carboxylic acids is 1. The summed E-state index contributed by atoms with van der Waals surface area (Å²) in [5.74, 6) is 0.448. The van der Waals surface area contributed by atoms with E-state index in [9.17, 15) is 4.79 Å². The van der Waals surface area contributed by atoms with E-state index < -0.39 is 5.97 Å². The fourth-order valence-corrected chi connectivity index (χ4v) is 2.57. The van der Waals surface area contributed by atoms with E-state index in [-0.39, 0.29) is 5.75 Å². The Morgan fingerprint density at radius 2 is 2.00 bits per heavy atom. The van der Waals surface area contributed by atoms with Gasteiger partial charge in [-0.05, 0) is 31.6 Å². The minimum atomic E-state index is -0.682. The molecule has 0 unspecified atom stereocenters. The molecule has 0 spiro atoms. The van der Waals surface area contributed by atoms with Crippen LogP contribution in [0.25, 0.3) is 0 Å². The molecule has 0 saturated heterocycles. The lowest BCUT2D eigenvalue weighted by molar-refractivity contribution is -0.133. The number of hydrogen-bond donors (Lipinski definition) is 1. The Morgan fingerprint density at radius 1 is 1.42 bits per heavy atom. The van der Waals surface area contributed by atoms with E-state index in [0.717, 1.165) is 5.92 Å². The van der Waals surface area contributed by atoms with Gasteiger partial charge in [-0.25, -0.2) is 0 Å². The molecular formula is C9H16O2S. The molecule has 1 rings (SSSR count). The van der Waals surface area contributed by atoms with Gasteiger partial charge in [-0.3, -0.25) is 4.79 Å². The summed E-state index contributed by atoms with van der Waals surface area (Å²) < 4.78 is 0. The van der Waals surface area contributed by atoms with Crippen molar-refractivity contribution in [2.24, 2.45) is 5.92 Å². The predicted octanol–water partition coefficient (Wildman–Crippen LogP) is 2.38. The molecule has 1 aliphatic carbocycles. The van der Waals surface area contributed by atoms with E-state index in [1.54, 1.807) is 11.8 Å². The largest absolute Gasteiger partial charge is 0.481 e. The third-order valence-electron chi connectivity index (χ3n) is 2.41. The van der Waals surface area contributed by atoms with Crippen LogP contribution in [0.3, 0.4) is 0 Å². The summed E-state index contributed by atoms with van der Waals surface area (Å²) >= 11 is 1.61. The van der Waals surface area contributed by atoms with Gasteiger partial charge < -0.3 is 5.11 Å². The first kappa shape index (κ1) is 9.90. The van der Waals surface area contributed by atoms with Gasteiger partial charge in [-0.2, -0.15) is 0 Å². The second kappa shape index (κ2) is 4.75. The molecule has 0 amide bonds. The fourth-order valence-electron chi connectivity index (χ4n) is 1.59. The zero-order valence-corrected chi connectivity index (χ0v) is 8.27. The standard InChI is InChI=1S/C9H16O2S/c1-7-2-4-8(5-3-7)12-6-9(10)11/h7-8H,2-6H2,1H3,(H,10,11). The van der Waals surface area contributed by atoms with Crippen LogP contribution >= 0.6 is 11.8 Å². The molecule has 0 heterocycles. The molecule has 0 aromatic heterocycles. The van der Waals surface area contributed by atoms with E-state index >= 15 is 0 Å². The second-order valence-corrected chi connectivity index (χ2v) is 4.88. The highest BCUT2D eigenvalue weighted by atomic mass is 32.2. The third-order valence-corrected chi connectivity index (χ3v) is 3.76. The van der Waals surface area contributed by atoms with Gasteiger partial charge in [0.15, 0.2) is 0 Å². The average Bonchev–Trinajstić information content (AvgIpc) is 2.03. The molecule has 0 radical (unpaired) electrons. The monoisotopic (exact) mass is 188 g/mol. The van der Waals surface area contributed by atoms with Crippen LogP contribution in [-0.2, 0) is 4.79 Å². The minimum Gasteiger partial charge on any atom is -0.481 e. The Morgan fingerprint density at radius 3 is 2.50 bits per heavy atom. The Balaban J connectivity index is 2.13. The van der Waals surface area contributed by atoms with Crippen molar-refractivity contribution in [1.82, 2.24) is 0 Å². The first-order valence-corrected chi connectivity index (χ1v) is 5.56. The van der Waals surface area contributed by atoms with Crippen LogP contribution < -0.4 is 0 Å². The molecule has 0 atom stereocenters. The zero-order chi connectivity index (χ0) is 8.97. The van der Waals surface area contributed by atoms with Gasteiger partial charge in [-0.15, -0.1) is 11.8 Å². The van der Waals surface area contributed by atoms with Crippen molar-refractivity contribution in [3.8, 4) is 0 Å². The average molecular weight is 188 g/mol. The van der Waals surface area contributed by atoms with E-state index in [0.29, 0.717) is 5.25 Å². The molecule has 1 saturated carbocycles. The highest BCUT2D eigenvalue weighted by Crippen LogP contribution is 2.31. The van der Waals surface area contributed by atoms with Crippen LogP contribution in [0.5, 0.6) is 0 Å². The SMILES string of the molecule is CC1CCC(SCC(=O)O)CC1. The molecule has 0 aromatic rings. The number of carboxylic acid groups (broad SMARTS) is 1. The van der Waals surface area contributed by atoms with Crippen LogP contribution in [0, 0.1) is 5.92 Å². The molecule has 0 aliphatic heterocycles. The topological polar surface area (TPSA) is 37.3 Å². The van der Waals surface area contributed by atoms with Crippen LogP contribution in [0.1, 0.15) is 32.6 Å². The van der Waals surface area contributed by atoms with Crippen LogP contribution in [0.2, 0.25) is 0 Å². The molecule has 1 N–H and O–H groups in total. The summed E-state index contributed by atoms with van der Waals surface area (Å²) in [5, 5.41) is 9.08. The second-order valence-electron chi connectivity index (χ2n) is 3.59. The molecule has 0 aromatic carbocycles. The van der Waals surface area contributed by atoms with Crippen molar-refractivity contribution < 1.29 is 9.90 Å². The minimum absolute atomic E-state index is 0.277. The maximum Gasteiger partial charge on any atom is 0.313 e. The molecule has 12 heavy (non-hydrogen) atoms. The highest BCUT2D eigenvalue weighted by molar-refractivity contribution is 8.00. The van der Waals surface area contributed by atoms with Gasteiger partial charge in [0, 0.05) is 5.25 Å². The number of hydrogen-bond acceptors (Lipinski definition) is 2. The maximum absolute atomic E-state index is 10.3.